The quantitative estimate of drug-likeness (QED) is 0.893. The van der Waals surface area contributed by atoms with E-state index in [9.17, 15) is 13.2 Å². The van der Waals surface area contributed by atoms with Crippen LogP contribution in [0.5, 0.6) is 0 Å². The van der Waals surface area contributed by atoms with Gasteiger partial charge >= 0.3 is 5.97 Å². The van der Waals surface area contributed by atoms with E-state index in [4.69, 9.17) is 5.11 Å². The zero-order valence-electron chi connectivity index (χ0n) is 11.7. The minimum absolute atomic E-state index is 0.0516. The summed E-state index contributed by atoms with van der Waals surface area (Å²) in [4.78, 5) is 11.6. The summed E-state index contributed by atoms with van der Waals surface area (Å²) in [6.45, 7) is 5.80. The zero-order valence-corrected chi connectivity index (χ0v) is 13.3. The second kappa shape index (κ2) is 5.46. The lowest BCUT2D eigenvalue weighted by Crippen LogP contribution is -2.37. The summed E-state index contributed by atoms with van der Waals surface area (Å²) in [5.41, 5.74) is 0. The fraction of sp³-hybridized carbons (Fsp3) is 0.615. The molecule has 20 heavy (non-hydrogen) atoms. The van der Waals surface area contributed by atoms with Crippen LogP contribution in [-0.4, -0.2) is 25.5 Å². The Morgan fingerprint density at radius 2 is 2.05 bits per heavy atom. The standard InChI is InChI=1S/C13H19NO4S2/c1-7-4-5-10(8(7)2)14-20(17,18)12-6-11(13(15)16)19-9(12)3/h6-8,10,14H,4-5H2,1-3H3,(H,15,16). The lowest BCUT2D eigenvalue weighted by molar-refractivity contribution is 0.0702. The van der Waals surface area contributed by atoms with Crippen LogP contribution in [0.1, 0.15) is 41.2 Å². The molecule has 1 aromatic rings. The van der Waals surface area contributed by atoms with Gasteiger partial charge in [0.05, 0.1) is 4.90 Å². The van der Waals surface area contributed by atoms with Crippen molar-refractivity contribution >= 4 is 27.3 Å². The fourth-order valence-electron chi connectivity index (χ4n) is 2.63. The first-order valence-electron chi connectivity index (χ1n) is 6.58. The molecule has 0 aromatic carbocycles. The normalized spacial score (nSPS) is 26.9. The van der Waals surface area contributed by atoms with Crippen LogP contribution in [0.25, 0.3) is 0 Å². The van der Waals surface area contributed by atoms with Crippen molar-refractivity contribution in [3.05, 3.63) is 15.8 Å². The van der Waals surface area contributed by atoms with Crippen LogP contribution in [0.4, 0.5) is 0 Å². The number of sulfonamides is 1. The van der Waals surface area contributed by atoms with Gasteiger partial charge in [0.25, 0.3) is 0 Å². The number of hydrogen-bond acceptors (Lipinski definition) is 4. The third kappa shape index (κ3) is 2.89. The molecular formula is C13H19NO4S2. The van der Waals surface area contributed by atoms with Crippen LogP contribution in [0.2, 0.25) is 0 Å². The van der Waals surface area contributed by atoms with Gasteiger partial charge in [-0.2, -0.15) is 0 Å². The molecule has 3 unspecified atom stereocenters. The molecule has 0 radical (unpaired) electrons. The molecule has 1 heterocycles. The number of carboxylic acid groups (broad SMARTS) is 1. The third-order valence-corrected chi connectivity index (χ3v) is 6.93. The van der Waals surface area contributed by atoms with Gasteiger partial charge in [-0.1, -0.05) is 13.8 Å². The highest BCUT2D eigenvalue weighted by Crippen LogP contribution is 2.33. The van der Waals surface area contributed by atoms with E-state index in [0.29, 0.717) is 16.7 Å². The molecule has 1 fully saturated rings. The lowest BCUT2D eigenvalue weighted by Gasteiger charge is -2.19. The van der Waals surface area contributed by atoms with Gasteiger partial charge < -0.3 is 5.11 Å². The Morgan fingerprint density at radius 3 is 2.50 bits per heavy atom. The van der Waals surface area contributed by atoms with Crippen LogP contribution in [0.15, 0.2) is 11.0 Å². The lowest BCUT2D eigenvalue weighted by atomic mass is 9.98. The number of aromatic carboxylic acids is 1. The Morgan fingerprint density at radius 1 is 1.40 bits per heavy atom. The molecular weight excluding hydrogens is 298 g/mol. The van der Waals surface area contributed by atoms with Crippen molar-refractivity contribution in [1.29, 1.82) is 0 Å². The minimum Gasteiger partial charge on any atom is -0.477 e. The van der Waals surface area contributed by atoms with Gasteiger partial charge in [0.1, 0.15) is 4.88 Å². The van der Waals surface area contributed by atoms with Gasteiger partial charge in [0.15, 0.2) is 0 Å². The number of thiophene rings is 1. The molecule has 2 rings (SSSR count). The molecule has 1 aliphatic carbocycles. The fourth-order valence-corrected chi connectivity index (χ4v) is 5.42. The largest absolute Gasteiger partial charge is 0.477 e. The first-order valence-corrected chi connectivity index (χ1v) is 8.88. The SMILES string of the molecule is Cc1sc(C(=O)O)cc1S(=O)(=O)NC1CCC(C)C1C. The maximum absolute atomic E-state index is 12.4. The van der Waals surface area contributed by atoms with Crippen molar-refractivity contribution in [2.24, 2.45) is 11.8 Å². The Bertz CT molecular complexity index is 620. The zero-order chi connectivity index (χ0) is 15.1. The van der Waals surface area contributed by atoms with E-state index in [-0.39, 0.29) is 15.8 Å². The van der Waals surface area contributed by atoms with Crippen molar-refractivity contribution in [2.75, 3.05) is 0 Å². The van der Waals surface area contributed by atoms with Gasteiger partial charge in [0.2, 0.25) is 10.0 Å². The third-order valence-electron chi connectivity index (χ3n) is 4.14. The molecule has 1 aliphatic rings. The van der Waals surface area contributed by atoms with Gasteiger partial charge in [0, 0.05) is 10.9 Å². The van der Waals surface area contributed by atoms with Gasteiger partial charge in [-0.05, 0) is 37.7 Å². The molecule has 0 saturated heterocycles. The summed E-state index contributed by atoms with van der Waals surface area (Å²) in [5, 5.41) is 8.94. The number of nitrogens with one attached hydrogen (secondary N) is 1. The Kier molecular flexibility index (Phi) is 4.22. The maximum Gasteiger partial charge on any atom is 0.345 e. The number of rotatable bonds is 4. The van der Waals surface area contributed by atoms with Crippen LogP contribution in [0, 0.1) is 18.8 Å². The average molecular weight is 317 g/mol. The number of aryl methyl sites for hydroxylation is 1. The van der Waals surface area contributed by atoms with Crippen LogP contribution in [0.3, 0.4) is 0 Å². The highest BCUT2D eigenvalue weighted by Gasteiger charge is 2.34. The monoisotopic (exact) mass is 317 g/mol. The smallest absolute Gasteiger partial charge is 0.345 e. The molecule has 2 N–H and O–H groups in total. The van der Waals surface area contributed by atoms with E-state index >= 15 is 0 Å². The minimum atomic E-state index is -3.65. The van der Waals surface area contributed by atoms with E-state index in [1.54, 1.807) is 6.92 Å². The van der Waals surface area contributed by atoms with E-state index in [1.807, 2.05) is 6.92 Å². The van der Waals surface area contributed by atoms with Crippen LogP contribution in [-0.2, 0) is 10.0 Å². The van der Waals surface area contributed by atoms with Crippen molar-refractivity contribution in [3.8, 4) is 0 Å². The Hall–Kier alpha value is -0.920. The predicted octanol–water partition coefficient (Wildman–Crippen LogP) is 2.47. The van der Waals surface area contributed by atoms with Gasteiger partial charge in [-0.15, -0.1) is 11.3 Å². The Balaban J connectivity index is 2.25. The first kappa shape index (κ1) is 15.5. The van der Waals surface area contributed by atoms with Crippen LogP contribution >= 0.6 is 11.3 Å². The Labute approximate surface area is 123 Å². The summed E-state index contributed by atoms with van der Waals surface area (Å²) in [6.07, 6.45) is 1.84. The second-order valence-corrected chi connectivity index (χ2v) is 8.42. The molecule has 5 nitrogen and oxygen atoms in total. The van der Waals surface area contributed by atoms with Crippen molar-refractivity contribution in [1.82, 2.24) is 4.72 Å². The molecule has 7 heteroatoms. The van der Waals surface area contributed by atoms with Gasteiger partial charge in [-0.25, -0.2) is 17.9 Å². The molecule has 112 valence electrons. The first-order chi connectivity index (χ1) is 9.22. The summed E-state index contributed by atoms with van der Waals surface area (Å²) in [5.74, 6) is -0.300. The molecule has 0 aliphatic heterocycles. The predicted molar refractivity (Wildman–Crippen MR) is 77.7 cm³/mol. The molecule has 0 bridgehead atoms. The molecule has 3 atom stereocenters. The van der Waals surface area contributed by atoms with Crippen molar-refractivity contribution in [2.45, 2.75) is 44.6 Å². The van der Waals surface area contributed by atoms with E-state index in [2.05, 4.69) is 11.6 Å². The van der Waals surface area contributed by atoms with E-state index in [1.165, 1.54) is 6.07 Å². The topological polar surface area (TPSA) is 83.5 Å². The maximum atomic E-state index is 12.4. The second-order valence-electron chi connectivity index (χ2n) is 5.48. The number of carbonyl (C=O) groups is 1. The van der Waals surface area contributed by atoms with Crippen molar-refractivity contribution < 1.29 is 18.3 Å². The summed E-state index contributed by atoms with van der Waals surface area (Å²) in [7, 11) is -3.65. The van der Waals surface area contributed by atoms with Gasteiger partial charge in [-0.3, -0.25) is 0 Å². The van der Waals surface area contributed by atoms with Crippen LogP contribution < -0.4 is 4.72 Å². The highest BCUT2D eigenvalue weighted by molar-refractivity contribution is 7.89. The summed E-state index contributed by atoms with van der Waals surface area (Å²) in [6, 6.07) is 1.18. The molecule has 0 amide bonds. The highest BCUT2D eigenvalue weighted by atomic mass is 32.2. The molecule has 1 aromatic heterocycles. The van der Waals surface area contributed by atoms with E-state index < -0.39 is 16.0 Å². The summed E-state index contributed by atoms with van der Waals surface area (Å²) < 4.78 is 27.5. The summed E-state index contributed by atoms with van der Waals surface area (Å²) >= 11 is 0.990. The average Bonchev–Trinajstić information content (AvgIpc) is 2.87. The number of hydrogen-bond donors (Lipinski definition) is 2. The van der Waals surface area contributed by atoms with E-state index in [0.717, 1.165) is 24.2 Å². The number of carboxylic acids is 1. The van der Waals surface area contributed by atoms with Crippen molar-refractivity contribution in [3.63, 3.8) is 0 Å². The molecule has 1 saturated carbocycles. The molecule has 0 spiro atoms.